The SMILES string of the molecule is C=C(Cl)CN1CCc2cc(OC)c(OC)c(OC)c2CC1. The molecule has 1 aromatic rings. The highest BCUT2D eigenvalue weighted by Crippen LogP contribution is 2.43. The lowest BCUT2D eigenvalue weighted by Gasteiger charge is -2.18. The minimum absolute atomic E-state index is 0.661. The van der Waals surface area contributed by atoms with E-state index in [-0.39, 0.29) is 0 Å². The molecule has 0 bridgehead atoms. The van der Waals surface area contributed by atoms with Gasteiger partial charge in [-0.3, -0.25) is 4.90 Å². The van der Waals surface area contributed by atoms with Crippen LogP contribution < -0.4 is 14.2 Å². The van der Waals surface area contributed by atoms with Crippen LogP contribution in [-0.4, -0.2) is 45.9 Å². The molecule has 0 saturated heterocycles. The third kappa shape index (κ3) is 3.44. The number of hydrogen-bond acceptors (Lipinski definition) is 4. The van der Waals surface area contributed by atoms with E-state index in [1.165, 1.54) is 11.1 Å². The Bertz CT molecular complexity index is 531. The van der Waals surface area contributed by atoms with Gasteiger partial charge in [0.15, 0.2) is 11.5 Å². The maximum Gasteiger partial charge on any atom is 0.203 e. The number of nitrogens with zero attached hydrogens (tertiary/aromatic N) is 1. The van der Waals surface area contributed by atoms with Crippen LogP contribution in [0.2, 0.25) is 0 Å². The predicted octanol–water partition coefficient (Wildman–Crippen LogP) is 2.87. The summed E-state index contributed by atoms with van der Waals surface area (Å²) in [7, 11) is 4.94. The molecule has 0 aromatic heterocycles. The summed E-state index contributed by atoms with van der Waals surface area (Å²) in [5.74, 6) is 2.15. The summed E-state index contributed by atoms with van der Waals surface area (Å²) in [5, 5.41) is 0.670. The predicted molar refractivity (Wildman–Crippen MR) is 84.9 cm³/mol. The van der Waals surface area contributed by atoms with Gasteiger partial charge in [0.1, 0.15) is 0 Å². The third-order valence-corrected chi connectivity index (χ3v) is 3.92. The summed E-state index contributed by atoms with van der Waals surface area (Å²) in [5.41, 5.74) is 2.44. The molecule has 4 nitrogen and oxygen atoms in total. The van der Waals surface area contributed by atoms with Crippen molar-refractivity contribution < 1.29 is 14.2 Å². The third-order valence-electron chi connectivity index (χ3n) is 3.80. The summed E-state index contributed by atoms with van der Waals surface area (Å²) < 4.78 is 16.5. The molecule has 21 heavy (non-hydrogen) atoms. The van der Waals surface area contributed by atoms with Gasteiger partial charge in [-0.2, -0.15) is 0 Å². The van der Waals surface area contributed by atoms with Crippen molar-refractivity contribution in [3.63, 3.8) is 0 Å². The fraction of sp³-hybridized carbons (Fsp3) is 0.500. The van der Waals surface area contributed by atoms with Crippen LogP contribution in [0, 0.1) is 0 Å². The number of halogens is 1. The van der Waals surface area contributed by atoms with Crippen LogP contribution in [0.15, 0.2) is 17.7 Å². The Morgan fingerprint density at radius 2 is 1.81 bits per heavy atom. The van der Waals surface area contributed by atoms with Crippen molar-refractivity contribution >= 4 is 11.6 Å². The van der Waals surface area contributed by atoms with Gasteiger partial charge in [-0.15, -0.1) is 0 Å². The van der Waals surface area contributed by atoms with Gasteiger partial charge < -0.3 is 14.2 Å². The molecule has 0 amide bonds. The van der Waals surface area contributed by atoms with Gasteiger partial charge in [-0.05, 0) is 24.5 Å². The Morgan fingerprint density at radius 1 is 1.14 bits per heavy atom. The Kier molecular flexibility index (Phi) is 5.37. The Labute approximate surface area is 131 Å². The van der Waals surface area contributed by atoms with E-state index in [0.717, 1.165) is 31.7 Å². The number of hydrogen-bond donors (Lipinski definition) is 0. The van der Waals surface area contributed by atoms with Crippen molar-refractivity contribution in [1.29, 1.82) is 0 Å². The van der Waals surface area contributed by atoms with Crippen LogP contribution in [0.25, 0.3) is 0 Å². The molecule has 1 aliphatic rings. The molecule has 0 aliphatic carbocycles. The summed E-state index contributed by atoms with van der Waals surface area (Å²) in [6, 6.07) is 2.05. The minimum Gasteiger partial charge on any atom is -0.493 e. The highest BCUT2D eigenvalue weighted by Gasteiger charge is 2.23. The van der Waals surface area contributed by atoms with Crippen LogP contribution in [0.5, 0.6) is 17.2 Å². The van der Waals surface area contributed by atoms with E-state index in [9.17, 15) is 0 Å². The van der Waals surface area contributed by atoms with Crippen molar-refractivity contribution in [3.05, 3.63) is 28.8 Å². The van der Waals surface area contributed by atoms with Gasteiger partial charge in [0.05, 0.1) is 21.3 Å². The molecular formula is C16H22ClNO3. The molecule has 0 saturated carbocycles. The van der Waals surface area contributed by atoms with E-state index in [4.69, 9.17) is 25.8 Å². The normalized spacial score (nSPS) is 15.0. The zero-order valence-corrected chi connectivity index (χ0v) is 13.6. The molecule has 0 N–H and O–H groups in total. The number of rotatable bonds is 5. The van der Waals surface area contributed by atoms with Crippen molar-refractivity contribution in [1.82, 2.24) is 4.90 Å². The Morgan fingerprint density at radius 3 is 2.38 bits per heavy atom. The van der Waals surface area contributed by atoms with Crippen molar-refractivity contribution in [2.75, 3.05) is 41.0 Å². The van der Waals surface area contributed by atoms with E-state index in [1.807, 2.05) is 0 Å². The van der Waals surface area contributed by atoms with Gasteiger partial charge in [-0.1, -0.05) is 18.2 Å². The van der Waals surface area contributed by atoms with Crippen LogP contribution in [0.1, 0.15) is 11.1 Å². The molecule has 0 unspecified atom stereocenters. The van der Waals surface area contributed by atoms with E-state index in [2.05, 4.69) is 17.5 Å². The lowest BCUT2D eigenvalue weighted by Crippen LogP contribution is -2.27. The molecule has 5 heteroatoms. The van der Waals surface area contributed by atoms with E-state index < -0.39 is 0 Å². The number of methoxy groups -OCH3 is 3. The zero-order chi connectivity index (χ0) is 15.4. The molecule has 0 atom stereocenters. The summed E-state index contributed by atoms with van der Waals surface area (Å²) in [4.78, 5) is 2.30. The summed E-state index contributed by atoms with van der Waals surface area (Å²) in [6.07, 6.45) is 1.82. The average Bonchev–Trinajstić information content (AvgIpc) is 2.67. The van der Waals surface area contributed by atoms with Crippen LogP contribution in [-0.2, 0) is 12.8 Å². The first-order chi connectivity index (χ1) is 10.1. The average molecular weight is 312 g/mol. The Balaban J connectivity index is 2.36. The fourth-order valence-electron chi connectivity index (χ4n) is 2.82. The quantitative estimate of drug-likeness (QED) is 0.836. The van der Waals surface area contributed by atoms with Crippen LogP contribution >= 0.6 is 11.6 Å². The number of ether oxygens (including phenoxy) is 3. The second-order valence-corrected chi connectivity index (χ2v) is 5.61. The first-order valence-corrected chi connectivity index (χ1v) is 7.34. The summed E-state index contributed by atoms with van der Waals surface area (Å²) >= 11 is 5.93. The van der Waals surface area contributed by atoms with Gasteiger partial charge in [0.25, 0.3) is 0 Å². The maximum absolute atomic E-state index is 5.93. The second-order valence-electron chi connectivity index (χ2n) is 5.08. The lowest BCUT2D eigenvalue weighted by atomic mass is 10.0. The maximum atomic E-state index is 5.93. The smallest absolute Gasteiger partial charge is 0.203 e. The standard InChI is InChI=1S/C16H22ClNO3/c1-11(17)10-18-7-5-12-9-14(19-2)16(21-4)15(20-3)13(12)6-8-18/h9H,1,5-8,10H2,2-4H3. The molecule has 1 aliphatic heterocycles. The molecule has 1 aromatic carbocycles. The van der Waals surface area contributed by atoms with Crippen molar-refractivity contribution in [3.8, 4) is 17.2 Å². The largest absolute Gasteiger partial charge is 0.493 e. The highest BCUT2D eigenvalue weighted by molar-refractivity contribution is 6.29. The van der Waals surface area contributed by atoms with Gasteiger partial charge in [-0.25, -0.2) is 0 Å². The topological polar surface area (TPSA) is 30.9 Å². The van der Waals surface area contributed by atoms with Crippen molar-refractivity contribution in [2.45, 2.75) is 12.8 Å². The highest BCUT2D eigenvalue weighted by atomic mass is 35.5. The first kappa shape index (κ1) is 16.0. The lowest BCUT2D eigenvalue weighted by molar-refractivity contribution is 0.312. The minimum atomic E-state index is 0.661. The van der Waals surface area contributed by atoms with Crippen LogP contribution in [0.4, 0.5) is 0 Å². The monoisotopic (exact) mass is 311 g/mol. The Hall–Kier alpha value is -1.39. The number of benzene rings is 1. The first-order valence-electron chi connectivity index (χ1n) is 6.97. The molecule has 0 radical (unpaired) electrons. The summed E-state index contributed by atoms with van der Waals surface area (Å²) in [6.45, 7) is 6.35. The molecule has 0 spiro atoms. The fourth-order valence-corrected chi connectivity index (χ4v) is 2.99. The molecule has 0 fully saturated rings. The molecule has 2 rings (SSSR count). The van der Waals surface area contributed by atoms with Gasteiger partial charge >= 0.3 is 0 Å². The zero-order valence-electron chi connectivity index (χ0n) is 12.9. The van der Waals surface area contributed by atoms with E-state index >= 15 is 0 Å². The molecule has 1 heterocycles. The van der Waals surface area contributed by atoms with Gasteiger partial charge in [0, 0.05) is 30.2 Å². The molecular weight excluding hydrogens is 290 g/mol. The van der Waals surface area contributed by atoms with Gasteiger partial charge in [0.2, 0.25) is 5.75 Å². The van der Waals surface area contributed by atoms with Crippen molar-refractivity contribution in [2.24, 2.45) is 0 Å². The molecule has 116 valence electrons. The second kappa shape index (κ2) is 7.05. The number of fused-ring (bicyclic) bond motifs is 1. The van der Waals surface area contributed by atoms with E-state index in [0.29, 0.717) is 23.1 Å². The van der Waals surface area contributed by atoms with E-state index in [1.54, 1.807) is 21.3 Å². The van der Waals surface area contributed by atoms with Crippen LogP contribution in [0.3, 0.4) is 0 Å².